The molecule has 3 aromatic carbocycles. The molecule has 0 fully saturated rings. The second-order valence-corrected chi connectivity index (χ2v) is 7.95. The summed E-state index contributed by atoms with van der Waals surface area (Å²) in [5, 5.41) is 0. The summed E-state index contributed by atoms with van der Waals surface area (Å²) in [6.45, 7) is 0. The maximum atomic E-state index is 13.1. The summed E-state index contributed by atoms with van der Waals surface area (Å²) < 4.78 is 39.3. The number of alkyl halides is 3. The first kappa shape index (κ1) is 20.2. The van der Waals surface area contributed by atoms with Crippen LogP contribution in [0.5, 0.6) is 0 Å². The fourth-order valence-electron chi connectivity index (χ4n) is 4.00. The van der Waals surface area contributed by atoms with Crippen molar-refractivity contribution in [2.24, 2.45) is 0 Å². The molecule has 0 radical (unpaired) electrons. The quantitative estimate of drug-likeness (QED) is 0.306. The molecule has 0 aliphatic carbocycles. The van der Waals surface area contributed by atoms with Crippen molar-refractivity contribution in [1.29, 1.82) is 0 Å². The van der Waals surface area contributed by atoms with Gasteiger partial charge in [0.1, 0.15) is 11.6 Å². The number of fused-ring (bicyclic) bond motifs is 2. The van der Waals surface area contributed by atoms with E-state index in [1.54, 1.807) is 18.5 Å². The lowest BCUT2D eigenvalue weighted by molar-refractivity contribution is -0.137. The predicted octanol–water partition coefficient (Wildman–Crippen LogP) is 6.85. The van der Waals surface area contributed by atoms with E-state index in [0.717, 1.165) is 51.2 Å². The van der Waals surface area contributed by atoms with Gasteiger partial charge in [0.15, 0.2) is 0 Å². The summed E-state index contributed by atoms with van der Waals surface area (Å²) in [6.07, 6.45) is -0.958. The summed E-state index contributed by atoms with van der Waals surface area (Å²) in [4.78, 5) is 19.7. The Kier molecular flexibility index (Phi) is 4.48. The third-order valence-electron chi connectivity index (χ3n) is 5.71. The van der Waals surface area contributed by atoms with E-state index >= 15 is 0 Å². The Morgan fingerprint density at radius 2 is 1.18 bits per heavy atom. The van der Waals surface area contributed by atoms with E-state index < -0.39 is 11.7 Å². The number of nitrogens with one attached hydrogen (secondary N) is 2. The lowest BCUT2D eigenvalue weighted by Gasteiger charge is -2.07. The zero-order valence-corrected chi connectivity index (χ0v) is 17.6. The van der Waals surface area contributed by atoms with Gasteiger partial charge in [-0.1, -0.05) is 24.3 Å². The number of H-pyrrole nitrogens is 2. The standard InChI is InChI=1S/C26H16F3N5/c27-26(28,29)19-3-1-2-18(12-19)25-32-21-7-5-17(14-23(21)34-25)16-4-6-20-22(13-16)33-24(31-20)15-8-10-30-11-9-15/h1-14H,(H,31,33)(H,32,34). The molecule has 0 unspecified atom stereocenters. The molecule has 3 heterocycles. The molecule has 0 spiro atoms. The average molecular weight is 455 g/mol. The molecule has 3 aromatic heterocycles. The van der Waals surface area contributed by atoms with Crippen LogP contribution in [0.25, 0.3) is 56.0 Å². The molecule has 2 N–H and O–H groups in total. The molecule has 6 aromatic rings. The Morgan fingerprint density at radius 3 is 1.76 bits per heavy atom. The van der Waals surface area contributed by atoms with E-state index in [0.29, 0.717) is 16.9 Å². The highest BCUT2D eigenvalue weighted by Gasteiger charge is 2.30. The Bertz CT molecular complexity index is 1650. The zero-order chi connectivity index (χ0) is 23.3. The van der Waals surface area contributed by atoms with Crippen molar-refractivity contribution in [2.45, 2.75) is 6.18 Å². The largest absolute Gasteiger partial charge is 0.416 e. The highest BCUT2D eigenvalue weighted by atomic mass is 19.4. The van der Waals surface area contributed by atoms with Gasteiger partial charge in [0.25, 0.3) is 0 Å². The van der Waals surface area contributed by atoms with Crippen molar-refractivity contribution in [3.63, 3.8) is 0 Å². The maximum Gasteiger partial charge on any atom is 0.416 e. The summed E-state index contributed by atoms with van der Waals surface area (Å²) in [5.41, 5.74) is 5.74. The van der Waals surface area contributed by atoms with Gasteiger partial charge in [0.2, 0.25) is 0 Å². The van der Waals surface area contributed by atoms with Gasteiger partial charge in [-0.15, -0.1) is 0 Å². The Hall–Kier alpha value is -4.46. The first-order chi connectivity index (χ1) is 16.4. The summed E-state index contributed by atoms with van der Waals surface area (Å²) >= 11 is 0. The normalized spacial score (nSPS) is 12.0. The van der Waals surface area contributed by atoms with Gasteiger partial charge in [0, 0.05) is 23.5 Å². The van der Waals surface area contributed by atoms with E-state index in [2.05, 4.69) is 24.9 Å². The number of pyridine rings is 1. The number of aromatic nitrogens is 5. The van der Waals surface area contributed by atoms with Gasteiger partial charge in [-0.25, -0.2) is 9.97 Å². The van der Waals surface area contributed by atoms with E-state index in [1.165, 1.54) is 6.07 Å². The Balaban J connectivity index is 1.37. The van der Waals surface area contributed by atoms with Crippen molar-refractivity contribution < 1.29 is 13.2 Å². The Labute approximate surface area is 191 Å². The topological polar surface area (TPSA) is 70.2 Å². The maximum absolute atomic E-state index is 13.1. The smallest absolute Gasteiger partial charge is 0.338 e. The fraction of sp³-hybridized carbons (Fsp3) is 0.0385. The van der Waals surface area contributed by atoms with Crippen LogP contribution in [-0.2, 0) is 6.18 Å². The van der Waals surface area contributed by atoms with Crippen LogP contribution in [0.4, 0.5) is 13.2 Å². The van der Waals surface area contributed by atoms with Gasteiger partial charge in [0.05, 0.1) is 27.6 Å². The summed E-state index contributed by atoms with van der Waals surface area (Å²) in [5.74, 6) is 1.16. The van der Waals surface area contributed by atoms with Crippen LogP contribution in [0.1, 0.15) is 5.56 Å². The van der Waals surface area contributed by atoms with Crippen molar-refractivity contribution in [3.05, 3.63) is 90.8 Å². The minimum absolute atomic E-state index is 0.384. The molecular weight excluding hydrogens is 439 g/mol. The second-order valence-electron chi connectivity index (χ2n) is 7.95. The van der Waals surface area contributed by atoms with Gasteiger partial charge >= 0.3 is 6.18 Å². The van der Waals surface area contributed by atoms with E-state index in [1.807, 2.05) is 48.5 Å². The van der Waals surface area contributed by atoms with E-state index in [9.17, 15) is 13.2 Å². The van der Waals surface area contributed by atoms with E-state index in [4.69, 9.17) is 0 Å². The fourth-order valence-corrected chi connectivity index (χ4v) is 4.00. The van der Waals surface area contributed by atoms with Gasteiger partial charge in [-0.05, 0) is 59.7 Å². The number of benzene rings is 3. The predicted molar refractivity (Wildman–Crippen MR) is 125 cm³/mol. The monoisotopic (exact) mass is 455 g/mol. The van der Waals surface area contributed by atoms with Gasteiger partial charge < -0.3 is 9.97 Å². The SMILES string of the molecule is FC(F)(F)c1cccc(-c2nc3ccc(-c4ccc5nc(-c6ccncc6)[nH]c5c4)cc3[nH]2)c1. The molecule has 6 rings (SSSR count). The molecule has 0 saturated carbocycles. The van der Waals surface area contributed by atoms with Crippen LogP contribution in [0.2, 0.25) is 0 Å². The van der Waals surface area contributed by atoms with Crippen LogP contribution in [0.3, 0.4) is 0 Å². The molecular formula is C26H16F3N5. The second kappa shape index (κ2) is 7.55. The molecule has 166 valence electrons. The van der Waals surface area contributed by atoms with Crippen LogP contribution in [0.15, 0.2) is 85.2 Å². The molecule has 0 saturated heterocycles. The van der Waals surface area contributed by atoms with Crippen molar-refractivity contribution in [1.82, 2.24) is 24.9 Å². The van der Waals surface area contributed by atoms with Crippen molar-refractivity contribution in [2.75, 3.05) is 0 Å². The van der Waals surface area contributed by atoms with Gasteiger partial charge in [-0.3, -0.25) is 4.98 Å². The van der Waals surface area contributed by atoms with Crippen molar-refractivity contribution in [3.8, 4) is 33.9 Å². The molecule has 5 nitrogen and oxygen atoms in total. The number of rotatable bonds is 3. The molecule has 34 heavy (non-hydrogen) atoms. The lowest BCUT2D eigenvalue weighted by Crippen LogP contribution is -2.04. The number of aromatic amines is 2. The number of nitrogens with zero attached hydrogens (tertiary/aromatic N) is 3. The molecule has 0 aliphatic heterocycles. The number of hydrogen-bond acceptors (Lipinski definition) is 3. The highest BCUT2D eigenvalue weighted by molar-refractivity contribution is 5.88. The number of halogens is 3. The highest BCUT2D eigenvalue weighted by Crippen LogP contribution is 2.33. The summed E-state index contributed by atoms with van der Waals surface area (Å²) in [7, 11) is 0. The third-order valence-corrected chi connectivity index (χ3v) is 5.71. The minimum atomic E-state index is -4.40. The number of hydrogen-bond donors (Lipinski definition) is 2. The molecule has 0 amide bonds. The van der Waals surface area contributed by atoms with Gasteiger partial charge in [-0.2, -0.15) is 13.2 Å². The van der Waals surface area contributed by atoms with Crippen LogP contribution < -0.4 is 0 Å². The van der Waals surface area contributed by atoms with Crippen LogP contribution in [-0.4, -0.2) is 24.9 Å². The molecule has 0 atom stereocenters. The Morgan fingerprint density at radius 1 is 0.588 bits per heavy atom. The molecule has 0 bridgehead atoms. The van der Waals surface area contributed by atoms with Crippen LogP contribution >= 0.6 is 0 Å². The van der Waals surface area contributed by atoms with Crippen LogP contribution in [0, 0.1) is 0 Å². The number of imidazole rings is 2. The van der Waals surface area contributed by atoms with Crippen molar-refractivity contribution >= 4 is 22.1 Å². The lowest BCUT2D eigenvalue weighted by atomic mass is 10.0. The third kappa shape index (κ3) is 3.59. The molecule has 8 heteroatoms. The minimum Gasteiger partial charge on any atom is -0.338 e. The summed E-state index contributed by atoms with van der Waals surface area (Å²) in [6, 6.07) is 20.7. The first-order valence-electron chi connectivity index (χ1n) is 10.5. The van der Waals surface area contributed by atoms with E-state index in [-0.39, 0.29) is 0 Å². The average Bonchev–Trinajstić information content (AvgIpc) is 3.47. The molecule has 0 aliphatic rings. The first-order valence-corrected chi connectivity index (χ1v) is 10.5. The zero-order valence-electron chi connectivity index (χ0n) is 17.6.